The van der Waals surface area contributed by atoms with Crippen molar-refractivity contribution in [2.24, 2.45) is 0 Å². The predicted octanol–water partition coefficient (Wildman–Crippen LogP) is -18.5. The Morgan fingerprint density at radius 3 is 1.02 bits per heavy atom. The number of hydrogen-bond donors (Lipinski definition) is 27. The van der Waals surface area contributed by atoms with Gasteiger partial charge in [0.2, 0.25) is 11.8 Å². The average molecular weight is 1400 g/mol. The highest BCUT2D eigenvalue weighted by Gasteiger charge is 2.59. The number of aliphatic hydroxyl groups is 25. The Bertz CT molecular complexity index is 2330. The molecule has 7 rings (SSSR count). The smallest absolute Gasteiger partial charge is 0.217 e. The van der Waals surface area contributed by atoms with Gasteiger partial charge in [0.15, 0.2) is 44.0 Å². The van der Waals surface area contributed by atoms with Gasteiger partial charge in [-0.15, -0.1) is 0 Å². The topological polar surface area (TPSA) is 693 Å². The average Bonchev–Trinajstić information content (AvgIpc) is 0.814. The van der Waals surface area contributed by atoms with E-state index in [1.165, 1.54) is 0 Å². The highest BCUT2D eigenvalue weighted by Crippen LogP contribution is 2.38. The van der Waals surface area contributed by atoms with Gasteiger partial charge in [-0.1, -0.05) is 0 Å². The quantitative estimate of drug-likeness (QED) is 0.0346. The van der Waals surface area contributed by atoms with E-state index in [0.29, 0.717) is 0 Å². The third-order valence-electron chi connectivity index (χ3n) is 17.1. The fourth-order valence-corrected chi connectivity index (χ4v) is 11.8. The second kappa shape index (κ2) is 35.3. The Labute approximate surface area is 537 Å². The van der Waals surface area contributed by atoms with Crippen LogP contribution in [0, 0.1) is 0 Å². The summed E-state index contributed by atoms with van der Waals surface area (Å²) in [6.45, 7) is -7.81. The number of amides is 2. The third-order valence-corrected chi connectivity index (χ3v) is 17.1. The van der Waals surface area contributed by atoms with Crippen LogP contribution in [0.15, 0.2) is 0 Å². The second-order valence-corrected chi connectivity index (χ2v) is 23.6. The summed E-state index contributed by atoms with van der Waals surface area (Å²) in [5, 5.41) is 274. The molecule has 0 unspecified atom stereocenters. The Morgan fingerprint density at radius 2 is 0.642 bits per heavy atom. The molecule has 95 heavy (non-hydrogen) atoms. The fourth-order valence-electron chi connectivity index (χ4n) is 11.8. The molecule has 27 N–H and O–H groups in total. The Hall–Kier alpha value is -2.62. The number of nitrogens with one attached hydrogen (secondary N) is 2. The van der Waals surface area contributed by atoms with Crippen LogP contribution in [0.4, 0.5) is 0 Å². The second-order valence-electron chi connectivity index (χ2n) is 23.6. The summed E-state index contributed by atoms with van der Waals surface area (Å²) < 4.78 is 80.4. The zero-order valence-corrected chi connectivity index (χ0v) is 50.6. The molecular formula is C52H90N2O41. The van der Waals surface area contributed by atoms with Gasteiger partial charge in [0.1, 0.15) is 195 Å². The fraction of sp³-hybridized carbons (Fsp3) is 0.962. The molecule has 7 fully saturated rings. The third kappa shape index (κ3) is 17.8. The molecular weight excluding hydrogens is 1310 g/mol. The first-order chi connectivity index (χ1) is 44.9. The van der Waals surface area contributed by atoms with E-state index in [9.17, 15) is 137 Å². The largest absolute Gasteiger partial charge is 0.394 e. The van der Waals surface area contributed by atoms with Crippen LogP contribution >= 0.6 is 0 Å². The van der Waals surface area contributed by atoms with E-state index in [-0.39, 0.29) is 0 Å². The van der Waals surface area contributed by atoms with E-state index in [1.54, 1.807) is 0 Å². The molecule has 7 heterocycles. The molecule has 39 atom stereocenters. The first-order valence-corrected chi connectivity index (χ1v) is 30.1. The van der Waals surface area contributed by atoms with Gasteiger partial charge >= 0.3 is 0 Å². The molecule has 43 nitrogen and oxygen atoms in total. The minimum atomic E-state index is -2.44. The zero-order valence-electron chi connectivity index (χ0n) is 50.6. The first kappa shape index (κ1) is 79.7. The Morgan fingerprint density at radius 1 is 0.337 bits per heavy atom. The molecule has 0 aromatic heterocycles. The Balaban J connectivity index is 1.14. The lowest BCUT2D eigenvalue weighted by atomic mass is 9.94. The van der Waals surface area contributed by atoms with Gasteiger partial charge in [0.05, 0.1) is 59.5 Å². The molecule has 0 aromatic carbocycles. The lowest BCUT2D eigenvalue weighted by Crippen LogP contribution is -2.70. The maximum Gasteiger partial charge on any atom is 0.217 e. The van der Waals surface area contributed by atoms with E-state index < -0.39 is 311 Å². The van der Waals surface area contributed by atoms with Gasteiger partial charge in [-0.2, -0.15) is 0 Å². The number of carbonyl (C=O) groups is 2. The van der Waals surface area contributed by atoms with Gasteiger partial charge in [0.25, 0.3) is 0 Å². The summed E-state index contributed by atoms with van der Waals surface area (Å²) in [6, 6.07) is -3.81. The molecule has 2 amide bonds. The van der Waals surface area contributed by atoms with Crippen molar-refractivity contribution >= 4 is 11.8 Å². The van der Waals surface area contributed by atoms with Crippen LogP contribution in [0.1, 0.15) is 13.8 Å². The van der Waals surface area contributed by atoms with Crippen molar-refractivity contribution in [2.75, 3.05) is 59.5 Å². The van der Waals surface area contributed by atoms with E-state index in [1.807, 2.05) is 0 Å². The van der Waals surface area contributed by atoms with Crippen LogP contribution in [-0.2, 0) is 75.9 Å². The molecule has 0 saturated carbocycles. The summed E-state index contributed by atoms with van der Waals surface area (Å²) >= 11 is 0. The van der Waals surface area contributed by atoms with Crippen molar-refractivity contribution in [3.8, 4) is 0 Å². The van der Waals surface area contributed by atoms with E-state index in [0.717, 1.165) is 13.8 Å². The SMILES string of the molecule is CC(=O)N[C@H]1[C@H](OC[C@H]2O[C@@H](O[C@@H]([C@H](O)[C@@H](O)CO)[C@H](O)CO)[C@H](O)[C@@H](O[C@@H]3O[C@H](CO)[C@@H](O[C@@H]4O[C@H](CO)[C@H](O)[C@H](O[C@H]5O[C@H](CO)[C@H](O)[C@H](O)[C@H]5O)[C@H]4O)[C@H](O)[C@H]3NC(C)=O)[C@H]2O)O[C@H](CO)[C@@H](O[C@@H]2O[C@H](CO)[C@H](O)[C@H](O[C@H]3O[C@H](CO)[C@H](O)[C@H](O)[C@H]3O)[C@H]2O)[C@@H]1O. The van der Waals surface area contributed by atoms with Crippen molar-refractivity contribution in [3.63, 3.8) is 0 Å². The van der Waals surface area contributed by atoms with Crippen molar-refractivity contribution in [3.05, 3.63) is 0 Å². The maximum atomic E-state index is 12.9. The van der Waals surface area contributed by atoms with Gasteiger partial charge in [-0.25, -0.2) is 0 Å². The summed E-state index contributed by atoms with van der Waals surface area (Å²) in [6.07, 6.45) is -75.4. The van der Waals surface area contributed by atoms with Crippen molar-refractivity contribution < 1.29 is 204 Å². The number of aliphatic hydroxyl groups excluding tert-OH is 25. The van der Waals surface area contributed by atoms with E-state index >= 15 is 0 Å². The molecule has 0 aromatic rings. The Kier molecular flexibility index (Phi) is 29.6. The van der Waals surface area contributed by atoms with Gasteiger partial charge < -0.3 is 205 Å². The highest BCUT2D eigenvalue weighted by atomic mass is 16.8. The van der Waals surface area contributed by atoms with Crippen molar-refractivity contribution in [1.29, 1.82) is 0 Å². The number of hydrogen-bond acceptors (Lipinski definition) is 41. The molecule has 554 valence electrons. The zero-order chi connectivity index (χ0) is 70.3. The lowest BCUT2D eigenvalue weighted by Gasteiger charge is -2.50. The van der Waals surface area contributed by atoms with Crippen LogP contribution in [0.5, 0.6) is 0 Å². The summed E-state index contributed by atoms with van der Waals surface area (Å²) in [7, 11) is 0. The predicted molar refractivity (Wildman–Crippen MR) is 290 cm³/mol. The van der Waals surface area contributed by atoms with Crippen molar-refractivity contribution in [2.45, 2.75) is 253 Å². The standard InChI is InChI=1S/C52H90N2O41/c1-12(63)53-23-31(73)41(91-50-37(79)43(28(70)18(7-59)85-50)94-48-35(77)33(75)26(68)16(5-57)83-48)20(9-61)87-46(23)82-11-22-30(72)45(39(81)52(89-22)90-40(15(66)4-56)25(67)14(65)3-55)93-47-24(54-13(2)64)32(74)42(21(10-62)88-47)92-51-38(80)44(29(71)19(8-60)86-51)95-49-36(78)34(76)27(69)17(6-58)84-49/h14-52,55-62,65-81H,3-11H2,1-2H3,(H,53,63)(H,54,64)/t14-,15+,16+,17+,18+,19+,20+,21+,22+,23+,24+,25+,26-,27-,28-,29-,30-,31+,32+,33-,34-,35+,36+,37+,38+,39+,40+,41+,42+,43-,44-,45-,46+,47-,48+,49+,50-,51-,52-/m0/s1. The highest BCUT2D eigenvalue weighted by molar-refractivity contribution is 5.73. The number of ether oxygens (including phenoxy) is 14. The minimum absolute atomic E-state index is 0.910. The number of rotatable bonds is 28. The molecule has 0 radical (unpaired) electrons. The van der Waals surface area contributed by atoms with Crippen LogP contribution < -0.4 is 10.6 Å². The molecule has 0 spiro atoms. The van der Waals surface area contributed by atoms with E-state index in [2.05, 4.69) is 10.6 Å². The van der Waals surface area contributed by atoms with Gasteiger partial charge in [0, 0.05) is 13.8 Å². The lowest BCUT2D eigenvalue weighted by molar-refractivity contribution is -0.386. The minimum Gasteiger partial charge on any atom is -0.394 e. The van der Waals surface area contributed by atoms with Crippen LogP contribution in [0.25, 0.3) is 0 Å². The monoisotopic (exact) mass is 1400 g/mol. The normalized spacial score (nSPS) is 47.3. The van der Waals surface area contributed by atoms with Gasteiger partial charge in [-0.3, -0.25) is 9.59 Å². The van der Waals surface area contributed by atoms with Crippen LogP contribution in [0.2, 0.25) is 0 Å². The molecule has 0 bridgehead atoms. The summed E-state index contributed by atoms with van der Waals surface area (Å²) in [4.78, 5) is 25.7. The molecule has 43 heteroatoms. The molecule has 0 aliphatic carbocycles. The summed E-state index contributed by atoms with van der Waals surface area (Å²) in [5.41, 5.74) is 0. The molecule has 7 saturated heterocycles. The van der Waals surface area contributed by atoms with Crippen LogP contribution in [-0.4, -0.2) is 438 Å². The molecule has 7 aliphatic heterocycles. The first-order valence-electron chi connectivity index (χ1n) is 30.1. The van der Waals surface area contributed by atoms with E-state index in [4.69, 9.17) is 66.3 Å². The maximum absolute atomic E-state index is 12.9. The van der Waals surface area contributed by atoms with Gasteiger partial charge in [-0.05, 0) is 0 Å². The molecule has 7 aliphatic rings. The van der Waals surface area contributed by atoms with Crippen LogP contribution in [0.3, 0.4) is 0 Å². The number of carbonyl (C=O) groups excluding carboxylic acids is 2. The summed E-state index contributed by atoms with van der Waals surface area (Å²) in [5.74, 6) is -1.87. The van der Waals surface area contributed by atoms with Crippen molar-refractivity contribution in [1.82, 2.24) is 10.6 Å².